The Hall–Kier alpha value is -1.71. The van der Waals surface area contributed by atoms with Crippen molar-refractivity contribution in [1.29, 1.82) is 0 Å². The maximum atomic E-state index is 11.6. The van der Waals surface area contributed by atoms with Gasteiger partial charge in [0.1, 0.15) is 5.75 Å². The Balaban J connectivity index is 2.43. The van der Waals surface area contributed by atoms with Crippen LogP contribution >= 0.6 is 0 Å². The van der Waals surface area contributed by atoms with Gasteiger partial charge in [0.15, 0.2) is 0 Å². The van der Waals surface area contributed by atoms with Crippen LogP contribution in [0.15, 0.2) is 24.3 Å². The van der Waals surface area contributed by atoms with Crippen molar-refractivity contribution in [3.05, 3.63) is 24.3 Å². The quantitative estimate of drug-likeness (QED) is 0.781. The number of benzene rings is 1. The fourth-order valence-corrected chi connectivity index (χ4v) is 1.47. The van der Waals surface area contributed by atoms with Crippen molar-refractivity contribution in [1.82, 2.24) is 5.32 Å². The van der Waals surface area contributed by atoms with E-state index in [0.717, 1.165) is 17.9 Å². The van der Waals surface area contributed by atoms with E-state index in [1.807, 2.05) is 45.0 Å². The van der Waals surface area contributed by atoms with Crippen LogP contribution in [0.2, 0.25) is 0 Å². The lowest BCUT2D eigenvalue weighted by molar-refractivity contribution is -0.120. The summed E-state index contributed by atoms with van der Waals surface area (Å²) in [6, 6.07) is 7.82. The number of nitrogens with one attached hydrogen (secondary N) is 2. The number of rotatable bonds is 7. The normalized spacial score (nSPS) is 11.7. The first-order chi connectivity index (χ1) is 8.65. The predicted octanol–water partition coefficient (Wildman–Crippen LogP) is 2.41. The summed E-state index contributed by atoms with van der Waals surface area (Å²) < 4.78 is 5.39. The van der Waals surface area contributed by atoms with Crippen molar-refractivity contribution in [3.63, 3.8) is 0 Å². The van der Waals surface area contributed by atoms with E-state index in [-0.39, 0.29) is 18.5 Å². The third kappa shape index (κ3) is 5.08. The molecule has 0 aliphatic carbocycles. The molecule has 4 nitrogen and oxygen atoms in total. The van der Waals surface area contributed by atoms with Crippen molar-refractivity contribution < 1.29 is 9.53 Å². The largest absolute Gasteiger partial charge is 0.494 e. The van der Waals surface area contributed by atoms with E-state index in [2.05, 4.69) is 10.6 Å². The van der Waals surface area contributed by atoms with E-state index in [0.29, 0.717) is 6.61 Å². The van der Waals surface area contributed by atoms with E-state index in [9.17, 15) is 4.79 Å². The van der Waals surface area contributed by atoms with Gasteiger partial charge in [0.05, 0.1) is 13.2 Å². The van der Waals surface area contributed by atoms with Crippen molar-refractivity contribution in [2.45, 2.75) is 33.2 Å². The van der Waals surface area contributed by atoms with Crippen molar-refractivity contribution >= 4 is 11.6 Å². The maximum Gasteiger partial charge on any atom is 0.239 e. The van der Waals surface area contributed by atoms with E-state index in [1.165, 1.54) is 0 Å². The summed E-state index contributed by atoms with van der Waals surface area (Å²) in [5, 5.41) is 5.99. The molecule has 2 N–H and O–H groups in total. The van der Waals surface area contributed by atoms with E-state index < -0.39 is 0 Å². The summed E-state index contributed by atoms with van der Waals surface area (Å²) in [6.07, 6.45) is 0.936. The highest BCUT2D eigenvalue weighted by Crippen LogP contribution is 2.16. The summed E-state index contributed by atoms with van der Waals surface area (Å²) in [4.78, 5) is 11.6. The number of hydrogen-bond acceptors (Lipinski definition) is 3. The molecule has 1 aromatic rings. The van der Waals surface area contributed by atoms with Gasteiger partial charge in [-0.25, -0.2) is 0 Å². The standard InChI is InChI=1S/C14H22N2O2/c1-4-11(3)16-14(17)10-15-12-7-6-8-13(9-12)18-5-2/h6-9,11,15H,4-5,10H2,1-3H3,(H,16,17). The lowest BCUT2D eigenvalue weighted by Gasteiger charge is -2.12. The third-order valence-electron chi connectivity index (χ3n) is 2.62. The Kier molecular flexibility index (Phi) is 6.05. The second kappa shape index (κ2) is 7.58. The van der Waals surface area contributed by atoms with E-state index in [4.69, 9.17) is 4.74 Å². The monoisotopic (exact) mass is 250 g/mol. The molecule has 0 bridgehead atoms. The smallest absolute Gasteiger partial charge is 0.239 e. The van der Waals surface area contributed by atoms with Crippen molar-refractivity contribution in [2.24, 2.45) is 0 Å². The van der Waals surface area contributed by atoms with Crippen LogP contribution in [0.4, 0.5) is 5.69 Å². The van der Waals surface area contributed by atoms with Crippen LogP contribution in [0, 0.1) is 0 Å². The molecule has 0 fully saturated rings. The first-order valence-corrected chi connectivity index (χ1v) is 6.41. The fourth-order valence-electron chi connectivity index (χ4n) is 1.47. The van der Waals surface area contributed by atoms with Crippen LogP contribution in [0.25, 0.3) is 0 Å². The first kappa shape index (κ1) is 14.4. The molecule has 1 unspecified atom stereocenters. The number of carbonyl (C=O) groups is 1. The minimum absolute atomic E-state index is 0.00571. The van der Waals surface area contributed by atoms with Gasteiger partial charge in [-0.15, -0.1) is 0 Å². The summed E-state index contributed by atoms with van der Waals surface area (Å²) in [5.74, 6) is 0.816. The number of amides is 1. The predicted molar refractivity (Wildman–Crippen MR) is 74.0 cm³/mol. The van der Waals surface area contributed by atoms with Crippen LogP contribution in [0.5, 0.6) is 5.75 Å². The maximum absolute atomic E-state index is 11.6. The van der Waals surface area contributed by atoms with Crippen LogP contribution in [0.1, 0.15) is 27.2 Å². The first-order valence-electron chi connectivity index (χ1n) is 6.41. The number of anilines is 1. The average molecular weight is 250 g/mol. The Labute approximate surface area is 109 Å². The zero-order chi connectivity index (χ0) is 13.4. The zero-order valence-corrected chi connectivity index (χ0v) is 11.3. The van der Waals surface area contributed by atoms with Gasteiger partial charge in [0.25, 0.3) is 0 Å². The zero-order valence-electron chi connectivity index (χ0n) is 11.3. The highest BCUT2D eigenvalue weighted by atomic mass is 16.5. The van der Waals surface area contributed by atoms with Crippen LogP contribution in [0.3, 0.4) is 0 Å². The summed E-state index contributed by atoms with van der Waals surface area (Å²) in [7, 11) is 0. The molecule has 0 saturated carbocycles. The molecule has 4 heteroatoms. The van der Waals surface area contributed by atoms with Crippen molar-refractivity contribution in [2.75, 3.05) is 18.5 Å². The van der Waals surface area contributed by atoms with E-state index >= 15 is 0 Å². The second-order valence-electron chi connectivity index (χ2n) is 4.19. The van der Waals surface area contributed by atoms with Gasteiger partial charge < -0.3 is 15.4 Å². The molecule has 0 heterocycles. The van der Waals surface area contributed by atoms with Crippen LogP contribution in [-0.2, 0) is 4.79 Å². The van der Waals surface area contributed by atoms with Crippen LogP contribution in [-0.4, -0.2) is 25.1 Å². The Morgan fingerprint density at radius 3 is 2.83 bits per heavy atom. The molecule has 0 aliphatic rings. The summed E-state index contributed by atoms with van der Waals surface area (Å²) >= 11 is 0. The Morgan fingerprint density at radius 1 is 1.39 bits per heavy atom. The van der Waals surface area contributed by atoms with Crippen LogP contribution < -0.4 is 15.4 Å². The lowest BCUT2D eigenvalue weighted by atomic mass is 10.2. The Morgan fingerprint density at radius 2 is 2.17 bits per heavy atom. The lowest BCUT2D eigenvalue weighted by Crippen LogP contribution is -2.36. The molecule has 0 spiro atoms. The number of hydrogen-bond donors (Lipinski definition) is 2. The van der Waals surface area contributed by atoms with Gasteiger partial charge in [0, 0.05) is 17.8 Å². The molecular weight excluding hydrogens is 228 g/mol. The number of carbonyl (C=O) groups excluding carboxylic acids is 1. The molecule has 18 heavy (non-hydrogen) atoms. The van der Waals surface area contributed by atoms with Crippen molar-refractivity contribution in [3.8, 4) is 5.75 Å². The molecule has 0 aliphatic heterocycles. The second-order valence-corrected chi connectivity index (χ2v) is 4.19. The minimum atomic E-state index is 0.00571. The highest BCUT2D eigenvalue weighted by Gasteiger charge is 2.05. The minimum Gasteiger partial charge on any atom is -0.494 e. The fraction of sp³-hybridized carbons (Fsp3) is 0.500. The van der Waals surface area contributed by atoms with Gasteiger partial charge in [-0.1, -0.05) is 13.0 Å². The van der Waals surface area contributed by atoms with E-state index in [1.54, 1.807) is 0 Å². The molecule has 100 valence electrons. The molecule has 0 aromatic heterocycles. The topological polar surface area (TPSA) is 50.4 Å². The molecule has 1 aromatic carbocycles. The van der Waals surface area contributed by atoms with Gasteiger partial charge in [-0.2, -0.15) is 0 Å². The molecule has 0 radical (unpaired) electrons. The molecular formula is C14H22N2O2. The van der Waals surface area contributed by atoms with Gasteiger partial charge >= 0.3 is 0 Å². The summed E-state index contributed by atoms with van der Waals surface area (Å²) in [6.45, 7) is 6.90. The Bertz CT molecular complexity index is 380. The highest BCUT2D eigenvalue weighted by molar-refractivity contribution is 5.80. The SMILES string of the molecule is CCOc1cccc(NCC(=O)NC(C)CC)c1. The van der Waals surface area contributed by atoms with Gasteiger partial charge in [-0.3, -0.25) is 4.79 Å². The summed E-state index contributed by atoms with van der Waals surface area (Å²) in [5.41, 5.74) is 0.889. The number of ether oxygens (including phenoxy) is 1. The molecule has 1 atom stereocenters. The van der Waals surface area contributed by atoms with Gasteiger partial charge in [0.2, 0.25) is 5.91 Å². The van der Waals surface area contributed by atoms with Gasteiger partial charge in [-0.05, 0) is 32.4 Å². The molecule has 1 amide bonds. The average Bonchev–Trinajstić information content (AvgIpc) is 2.37. The molecule has 0 saturated heterocycles. The molecule has 1 rings (SSSR count). The third-order valence-corrected chi connectivity index (χ3v) is 2.62.